The monoisotopic (exact) mass is 695 g/mol. The van der Waals surface area contributed by atoms with Crippen LogP contribution < -0.4 is 5.32 Å². The standard InChI is InChI=1S/C32H29N3O2.C13H20O2/c1-23(36)19-25-3-5-26(6-4-25)20-27-7-13-30(14-8-27)33-22-34-31-15-9-28(10-16-31)21-29-11-17-32(18-12-29)35-24(2)37;1-8(14)3-11-5-10-6-12(4-9(2)15)13(11)7-10/h3-18H,19-21H2,1-2H3,(H,35,37);10-13H,3-7H2,1-2H3. The highest BCUT2D eigenvalue weighted by Gasteiger charge is 2.46. The lowest BCUT2D eigenvalue weighted by Gasteiger charge is -2.28. The largest absolute Gasteiger partial charge is 0.326 e. The molecule has 2 aliphatic carbocycles. The molecule has 2 atom stereocenters. The van der Waals surface area contributed by atoms with Crippen LogP contribution in [0.25, 0.3) is 0 Å². The Morgan fingerprint density at radius 3 is 1.35 bits per heavy atom. The van der Waals surface area contributed by atoms with E-state index >= 15 is 0 Å². The molecule has 7 heteroatoms. The van der Waals surface area contributed by atoms with Gasteiger partial charge in [0.25, 0.3) is 0 Å². The zero-order valence-corrected chi connectivity index (χ0v) is 30.7. The van der Waals surface area contributed by atoms with Crippen LogP contribution in [0.5, 0.6) is 0 Å². The fourth-order valence-corrected chi connectivity index (χ4v) is 7.82. The maximum Gasteiger partial charge on any atom is 0.221 e. The Bertz CT molecular complexity index is 1770. The highest BCUT2D eigenvalue weighted by atomic mass is 16.1. The van der Waals surface area contributed by atoms with Gasteiger partial charge in [0, 0.05) is 31.9 Å². The summed E-state index contributed by atoms with van der Waals surface area (Å²) in [5.41, 5.74) is 8.16. The number of anilines is 1. The SMILES string of the molecule is CC(=O)CC1CC2CC(CC(C)=O)C1C2.CC(=O)Cc1ccc(Cc2ccc(N=C=Nc3ccc(Cc4ccc(NC(C)=O)cc4)cc3)cc2)cc1. The summed E-state index contributed by atoms with van der Waals surface area (Å²) in [6.45, 7) is 6.48. The van der Waals surface area contributed by atoms with Gasteiger partial charge in [-0.15, -0.1) is 0 Å². The summed E-state index contributed by atoms with van der Waals surface area (Å²) in [5, 5.41) is 2.78. The average Bonchev–Trinajstić information content (AvgIpc) is 3.67. The van der Waals surface area contributed by atoms with Crippen molar-refractivity contribution in [1.82, 2.24) is 0 Å². The third-order valence-electron chi connectivity index (χ3n) is 9.99. The summed E-state index contributed by atoms with van der Waals surface area (Å²) in [4.78, 5) is 53.3. The van der Waals surface area contributed by atoms with E-state index in [0.717, 1.165) is 54.2 Å². The number of nitrogens with one attached hydrogen (secondary N) is 1. The maximum absolute atomic E-state index is 11.3. The second-order valence-electron chi connectivity index (χ2n) is 14.7. The number of carbonyl (C=O) groups excluding carboxylic acids is 4. The summed E-state index contributed by atoms with van der Waals surface area (Å²) in [7, 11) is 0. The molecule has 0 spiro atoms. The van der Waals surface area contributed by atoms with Gasteiger partial charge in [-0.25, -0.2) is 0 Å². The van der Waals surface area contributed by atoms with E-state index in [0.29, 0.717) is 35.7 Å². The number of hydrogen-bond donors (Lipinski definition) is 1. The summed E-state index contributed by atoms with van der Waals surface area (Å²) in [6, 6.07) is 34.9. The van der Waals surface area contributed by atoms with Gasteiger partial charge in [0.1, 0.15) is 23.4 Å². The Balaban J connectivity index is 0.000000289. The molecule has 268 valence electrons. The number of nitrogens with zero attached hydrogens (tertiary/aromatic N) is 2. The average molecular weight is 696 g/mol. The zero-order valence-electron chi connectivity index (χ0n) is 30.7. The van der Waals surface area contributed by atoms with Gasteiger partial charge in [-0.2, -0.15) is 9.98 Å². The van der Waals surface area contributed by atoms with Gasteiger partial charge in [0.05, 0.1) is 11.4 Å². The van der Waals surface area contributed by atoms with E-state index in [1.54, 1.807) is 20.8 Å². The number of benzene rings is 4. The molecule has 0 radical (unpaired) electrons. The third-order valence-corrected chi connectivity index (χ3v) is 9.99. The van der Waals surface area contributed by atoms with E-state index in [1.807, 2.05) is 72.8 Å². The Morgan fingerprint density at radius 2 is 0.962 bits per heavy atom. The van der Waals surface area contributed by atoms with E-state index in [4.69, 9.17) is 0 Å². The van der Waals surface area contributed by atoms with Gasteiger partial charge < -0.3 is 14.9 Å². The van der Waals surface area contributed by atoms with Crippen molar-refractivity contribution in [3.63, 3.8) is 0 Å². The first kappa shape index (κ1) is 38.0. The molecular weight excluding hydrogens is 647 g/mol. The Hall–Kier alpha value is -5.26. The predicted molar refractivity (Wildman–Crippen MR) is 208 cm³/mol. The number of carbonyl (C=O) groups is 4. The molecule has 7 nitrogen and oxygen atoms in total. The number of amides is 1. The molecule has 2 aliphatic rings. The van der Waals surface area contributed by atoms with Crippen molar-refractivity contribution in [2.45, 2.75) is 79.1 Å². The molecule has 2 unspecified atom stereocenters. The van der Waals surface area contributed by atoms with E-state index in [1.165, 1.54) is 48.4 Å². The predicted octanol–water partition coefficient (Wildman–Crippen LogP) is 9.70. The first-order valence-corrected chi connectivity index (χ1v) is 18.3. The number of ketones is 3. The maximum atomic E-state index is 11.3. The molecule has 2 fully saturated rings. The van der Waals surface area contributed by atoms with Gasteiger partial charge in [0.15, 0.2) is 0 Å². The molecule has 52 heavy (non-hydrogen) atoms. The van der Waals surface area contributed by atoms with Crippen molar-refractivity contribution in [2.24, 2.45) is 33.7 Å². The molecule has 4 aromatic rings. The van der Waals surface area contributed by atoms with Crippen LogP contribution in [0.3, 0.4) is 0 Å². The van der Waals surface area contributed by atoms with Crippen LogP contribution in [0, 0.1) is 23.7 Å². The number of aliphatic imine (C=N–C) groups is 2. The molecule has 0 aliphatic heterocycles. The molecule has 1 amide bonds. The fourth-order valence-electron chi connectivity index (χ4n) is 7.82. The molecule has 0 heterocycles. The van der Waals surface area contributed by atoms with Crippen molar-refractivity contribution in [3.05, 3.63) is 125 Å². The summed E-state index contributed by atoms with van der Waals surface area (Å²) in [5.74, 6) is 3.38. The van der Waals surface area contributed by atoms with Gasteiger partial charge >= 0.3 is 0 Å². The Morgan fingerprint density at radius 1 is 0.558 bits per heavy atom. The molecule has 2 saturated carbocycles. The summed E-state index contributed by atoms with van der Waals surface area (Å²) < 4.78 is 0. The fraction of sp³-hybridized carbons (Fsp3) is 0.356. The molecular formula is C45H49N3O4. The molecule has 6 rings (SSSR count). The first-order valence-electron chi connectivity index (χ1n) is 18.3. The van der Waals surface area contributed by atoms with Crippen LogP contribution in [-0.4, -0.2) is 29.3 Å². The highest BCUT2D eigenvalue weighted by molar-refractivity contribution is 5.88. The van der Waals surface area contributed by atoms with E-state index < -0.39 is 0 Å². The number of fused-ring (bicyclic) bond motifs is 2. The van der Waals surface area contributed by atoms with Crippen LogP contribution >= 0.6 is 0 Å². The summed E-state index contributed by atoms with van der Waals surface area (Å²) >= 11 is 0. The normalized spacial score (nSPS) is 18.4. The second-order valence-corrected chi connectivity index (χ2v) is 14.7. The smallest absolute Gasteiger partial charge is 0.221 e. The van der Waals surface area contributed by atoms with Crippen LogP contribution in [-0.2, 0) is 38.4 Å². The third kappa shape index (κ3) is 11.9. The Labute approximate surface area is 307 Å². The van der Waals surface area contributed by atoms with Gasteiger partial charge in [-0.1, -0.05) is 60.7 Å². The minimum absolute atomic E-state index is 0.0746. The number of Topliss-reactive ketones (excluding diaryl/α,β-unsaturated/α-hetero) is 3. The summed E-state index contributed by atoms with van der Waals surface area (Å²) in [6.07, 6.45) is 7.34. The molecule has 0 aromatic heterocycles. The van der Waals surface area contributed by atoms with E-state index in [9.17, 15) is 19.2 Å². The van der Waals surface area contributed by atoms with E-state index in [2.05, 4.69) is 45.6 Å². The van der Waals surface area contributed by atoms with Crippen molar-refractivity contribution in [2.75, 3.05) is 5.32 Å². The van der Waals surface area contributed by atoms with Gasteiger partial charge in [-0.3, -0.25) is 9.59 Å². The van der Waals surface area contributed by atoms with Gasteiger partial charge in [-0.05, 0) is 141 Å². The minimum Gasteiger partial charge on any atom is -0.326 e. The topological polar surface area (TPSA) is 105 Å². The lowest BCUT2D eigenvalue weighted by atomic mass is 9.76. The van der Waals surface area contributed by atoms with Crippen molar-refractivity contribution >= 4 is 46.3 Å². The lowest BCUT2D eigenvalue weighted by molar-refractivity contribution is -0.119. The van der Waals surface area contributed by atoms with Crippen LogP contribution in [0.4, 0.5) is 17.1 Å². The van der Waals surface area contributed by atoms with Gasteiger partial charge in [0.2, 0.25) is 5.91 Å². The van der Waals surface area contributed by atoms with Crippen molar-refractivity contribution < 1.29 is 19.2 Å². The minimum atomic E-state index is -0.0746. The molecule has 2 bridgehead atoms. The van der Waals surface area contributed by atoms with Crippen molar-refractivity contribution in [3.8, 4) is 0 Å². The first-order chi connectivity index (χ1) is 25.0. The van der Waals surface area contributed by atoms with Crippen LogP contribution in [0.1, 0.15) is 87.6 Å². The van der Waals surface area contributed by atoms with Crippen LogP contribution in [0.2, 0.25) is 0 Å². The zero-order chi connectivity index (χ0) is 37.0. The molecule has 0 saturated heterocycles. The van der Waals surface area contributed by atoms with Crippen molar-refractivity contribution in [1.29, 1.82) is 0 Å². The lowest BCUT2D eigenvalue weighted by Crippen LogP contribution is -2.23. The number of rotatable bonds is 13. The van der Waals surface area contributed by atoms with E-state index in [-0.39, 0.29) is 11.7 Å². The second kappa shape index (κ2) is 18.3. The number of hydrogen-bond acceptors (Lipinski definition) is 6. The highest BCUT2D eigenvalue weighted by Crippen LogP contribution is 2.54. The van der Waals surface area contributed by atoms with Crippen LogP contribution in [0.15, 0.2) is 107 Å². The molecule has 4 aromatic carbocycles. The molecule has 1 N–H and O–H groups in total. The quantitative estimate of drug-likeness (QED) is 0.141. The Kier molecular flexibility index (Phi) is 13.4.